The molecule has 8 heteroatoms. The smallest absolute Gasteiger partial charge is 0.350 e. The second-order valence-corrected chi connectivity index (χ2v) is 4.42. The maximum absolute atomic E-state index is 13.5. The molecule has 19 heavy (non-hydrogen) atoms. The van der Waals surface area contributed by atoms with Gasteiger partial charge in [0.1, 0.15) is 9.88 Å². The molecule has 0 spiro atoms. The van der Waals surface area contributed by atoms with Gasteiger partial charge in [-0.2, -0.15) is 13.8 Å². The maximum Gasteiger partial charge on any atom is 0.350 e. The van der Waals surface area contributed by atoms with Crippen LogP contribution >= 0.6 is 11.3 Å². The Balaban J connectivity index is 2.51. The van der Waals surface area contributed by atoms with Gasteiger partial charge in [0, 0.05) is 0 Å². The van der Waals surface area contributed by atoms with Crippen LogP contribution in [0.2, 0.25) is 0 Å². The molecule has 0 saturated heterocycles. The summed E-state index contributed by atoms with van der Waals surface area (Å²) in [7, 11) is 1.18. The topological polar surface area (TPSA) is 72.3 Å². The molecule has 2 heterocycles. The van der Waals surface area contributed by atoms with Crippen LogP contribution in [0.15, 0.2) is 12.1 Å². The van der Waals surface area contributed by atoms with Crippen LogP contribution in [0.4, 0.5) is 8.78 Å². The highest BCUT2D eigenvalue weighted by Gasteiger charge is 2.21. The van der Waals surface area contributed by atoms with Crippen molar-refractivity contribution in [3.8, 4) is 10.6 Å². The fourth-order valence-corrected chi connectivity index (χ4v) is 2.40. The van der Waals surface area contributed by atoms with Crippen molar-refractivity contribution >= 4 is 17.3 Å². The van der Waals surface area contributed by atoms with Crippen molar-refractivity contribution in [3.63, 3.8) is 0 Å². The van der Waals surface area contributed by atoms with Crippen molar-refractivity contribution in [2.45, 2.75) is 6.61 Å². The first-order valence-electron chi connectivity index (χ1n) is 5.08. The molecular weight excluding hydrogens is 278 g/mol. The summed E-state index contributed by atoms with van der Waals surface area (Å²) in [5.74, 6) is -2.66. The van der Waals surface area contributed by atoms with E-state index < -0.39 is 24.5 Å². The summed E-state index contributed by atoms with van der Waals surface area (Å²) in [4.78, 5) is 18.5. The monoisotopic (exact) mass is 286 g/mol. The van der Waals surface area contributed by atoms with Gasteiger partial charge in [0.15, 0.2) is 0 Å². The van der Waals surface area contributed by atoms with Crippen molar-refractivity contribution in [1.82, 2.24) is 9.97 Å². The van der Waals surface area contributed by atoms with Crippen molar-refractivity contribution < 1.29 is 23.4 Å². The molecule has 0 amide bonds. The van der Waals surface area contributed by atoms with Crippen molar-refractivity contribution in [2.24, 2.45) is 0 Å². The van der Waals surface area contributed by atoms with E-state index in [1.54, 1.807) is 0 Å². The molecule has 0 aliphatic rings. The molecule has 0 radical (unpaired) electrons. The Hall–Kier alpha value is -1.93. The standard InChI is InChI=1S/C11H8F2N2O3S/c1-18-11(17)8-6(4-16)14-10(19-8)5-2-3-7(12)15-9(5)13/h2-3,16H,4H2,1H3. The molecule has 0 aliphatic carbocycles. The van der Waals surface area contributed by atoms with Gasteiger partial charge < -0.3 is 9.84 Å². The summed E-state index contributed by atoms with van der Waals surface area (Å²) in [5, 5.41) is 9.22. The van der Waals surface area contributed by atoms with Gasteiger partial charge in [0.25, 0.3) is 0 Å². The molecular formula is C11H8F2N2O3S. The molecule has 0 aromatic carbocycles. The number of carbonyl (C=O) groups excluding carboxylic acids is 1. The number of ether oxygens (including phenoxy) is 1. The third kappa shape index (κ3) is 2.59. The lowest BCUT2D eigenvalue weighted by atomic mass is 10.3. The number of rotatable bonds is 3. The molecule has 0 saturated carbocycles. The first-order chi connectivity index (χ1) is 9.06. The van der Waals surface area contributed by atoms with E-state index in [2.05, 4.69) is 14.7 Å². The maximum atomic E-state index is 13.5. The number of aliphatic hydroxyl groups is 1. The number of methoxy groups -OCH3 is 1. The fourth-order valence-electron chi connectivity index (χ4n) is 1.40. The summed E-state index contributed by atoms with van der Waals surface area (Å²) in [5.41, 5.74) is 0.0341. The highest BCUT2D eigenvalue weighted by molar-refractivity contribution is 7.17. The Morgan fingerprint density at radius 2 is 2.16 bits per heavy atom. The van der Waals surface area contributed by atoms with E-state index in [-0.39, 0.29) is 21.1 Å². The lowest BCUT2D eigenvalue weighted by Gasteiger charge is -1.97. The predicted molar refractivity (Wildman–Crippen MR) is 62.5 cm³/mol. The summed E-state index contributed by atoms with van der Waals surface area (Å²) in [6.45, 7) is -0.489. The number of nitrogens with zero attached hydrogens (tertiary/aromatic N) is 2. The van der Waals surface area contributed by atoms with Crippen molar-refractivity contribution in [1.29, 1.82) is 0 Å². The minimum Gasteiger partial charge on any atom is -0.465 e. The Bertz CT molecular complexity index is 630. The van der Waals surface area contributed by atoms with Gasteiger partial charge in [-0.25, -0.2) is 9.78 Å². The van der Waals surface area contributed by atoms with Gasteiger partial charge in [-0.1, -0.05) is 0 Å². The Kier molecular flexibility index (Phi) is 3.82. The van der Waals surface area contributed by atoms with E-state index in [1.807, 2.05) is 0 Å². The number of hydrogen-bond donors (Lipinski definition) is 1. The van der Waals surface area contributed by atoms with Gasteiger partial charge >= 0.3 is 5.97 Å². The van der Waals surface area contributed by atoms with Crippen LogP contribution < -0.4 is 0 Å². The van der Waals surface area contributed by atoms with E-state index in [1.165, 1.54) is 13.2 Å². The van der Waals surface area contributed by atoms with Gasteiger partial charge in [0.2, 0.25) is 11.9 Å². The molecule has 5 nitrogen and oxygen atoms in total. The van der Waals surface area contributed by atoms with Crippen LogP contribution in [0.25, 0.3) is 10.6 Å². The lowest BCUT2D eigenvalue weighted by Crippen LogP contribution is -2.02. The SMILES string of the molecule is COC(=O)c1sc(-c2ccc(F)nc2F)nc1CO. The number of aliphatic hydroxyl groups excluding tert-OH is 1. The number of thiazole rings is 1. The molecule has 2 rings (SSSR count). The van der Waals surface area contributed by atoms with E-state index in [0.29, 0.717) is 0 Å². The molecule has 0 fully saturated rings. The van der Waals surface area contributed by atoms with Gasteiger partial charge in [0.05, 0.1) is 25.0 Å². The summed E-state index contributed by atoms with van der Waals surface area (Å²) < 4.78 is 30.7. The van der Waals surface area contributed by atoms with E-state index in [4.69, 9.17) is 5.11 Å². The summed E-state index contributed by atoms with van der Waals surface area (Å²) in [6.07, 6.45) is 0. The van der Waals surface area contributed by atoms with Gasteiger partial charge in [-0.3, -0.25) is 0 Å². The molecule has 100 valence electrons. The number of hydrogen-bond acceptors (Lipinski definition) is 6. The number of carbonyl (C=O) groups is 1. The fraction of sp³-hybridized carbons (Fsp3) is 0.182. The van der Waals surface area contributed by atoms with E-state index >= 15 is 0 Å². The molecule has 2 aromatic heterocycles. The normalized spacial score (nSPS) is 10.5. The zero-order valence-electron chi connectivity index (χ0n) is 9.68. The Morgan fingerprint density at radius 3 is 2.74 bits per heavy atom. The lowest BCUT2D eigenvalue weighted by molar-refractivity contribution is 0.0602. The van der Waals surface area contributed by atoms with Gasteiger partial charge in [-0.15, -0.1) is 11.3 Å². The van der Waals surface area contributed by atoms with Crippen LogP contribution in [-0.4, -0.2) is 28.2 Å². The second kappa shape index (κ2) is 5.37. The number of aromatic nitrogens is 2. The third-order valence-electron chi connectivity index (χ3n) is 2.26. The van der Waals surface area contributed by atoms with Crippen molar-refractivity contribution in [3.05, 3.63) is 34.6 Å². The number of halogens is 2. The van der Waals surface area contributed by atoms with Crippen LogP contribution in [-0.2, 0) is 11.3 Å². The van der Waals surface area contributed by atoms with Crippen LogP contribution in [0, 0.1) is 11.9 Å². The number of pyridine rings is 1. The van der Waals surface area contributed by atoms with Crippen LogP contribution in [0.1, 0.15) is 15.4 Å². The second-order valence-electron chi connectivity index (χ2n) is 3.42. The van der Waals surface area contributed by atoms with E-state index in [9.17, 15) is 13.6 Å². The molecule has 0 atom stereocenters. The zero-order valence-corrected chi connectivity index (χ0v) is 10.5. The highest BCUT2D eigenvalue weighted by atomic mass is 32.1. The molecule has 0 bridgehead atoms. The summed E-state index contributed by atoms with van der Waals surface area (Å²) in [6, 6.07) is 2.15. The molecule has 2 aromatic rings. The zero-order chi connectivity index (χ0) is 14.0. The quantitative estimate of drug-likeness (QED) is 0.687. The van der Waals surface area contributed by atoms with E-state index in [0.717, 1.165) is 17.4 Å². The van der Waals surface area contributed by atoms with Crippen molar-refractivity contribution in [2.75, 3.05) is 7.11 Å². The first-order valence-corrected chi connectivity index (χ1v) is 5.89. The Morgan fingerprint density at radius 1 is 1.42 bits per heavy atom. The first kappa shape index (κ1) is 13.5. The average molecular weight is 286 g/mol. The van der Waals surface area contributed by atoms with Crippen LogP contribution in [0.3, 0.4) is 0 Å². The third-order valence-corrected chi connectivity index (χ3v) is 3.37. The largest absolute Gasteiger partial charge is 0.465 e. The number of esters is 1. The average Bonchev–Trinajstić information content (AvgIpc) is 2.81. The molecule has 1 N–H and O–H groups in total. The minimum absolute atomic E-state index is 0.0451. The van der Waals surface area contributed by atoms with Crippen LogP contribution in [0.5, 0.6) is 0 Å². The highest BCUT2D eigenvalue weighted by Crippen LogP contribution is 2.30. The minimum atomic E-state index is -1.03. The molecule has 0 aliphatic heterocycles. The predicted octanol–water partition coefficient (Wildman–Crippen LogP) is 1.76. The molecule has 0 unspecified atom stereocenters. The Labute approximate surface area is 110 Å². The summed E-state index contributed by atoms with van der Waals surface area (Å²) >= 11 is 0.842. The van der Waals surface area contributed by atoms with Gasteiger partial charge in [-0.05, 0) is 12.1 Å².